The summed E-state index contributed by atoms with van der Waals surface area (Å²) in [5.41, 5.74) is 1.82. The van der Waals surface area contributed by atoms with E-state index in [-0.39, 0.29) is 10.8 Å². The summed E-state index contributed by atoms with van der Waals surface area (Å²) in [5, 5.41) is 0. The number of carbonyl (C=O) groups excluding carboxylic acids is 1. The van der Waals surface area contributed by atoms with Crippen molar-refractivity contribution >= 4 is 27.3 Å². The first-order valence-corrected chi connectivity index (χ1v) is 11.8. The number of anilines is 2. The van der Waals surface area contributed by atoms with Crippen LogP contribution < -0.4 is 9.80 Å². The SMILES string of the molecule is CN(C(=O)c1cc(S(=O)(=O)N2CCOCC2)ccc1N1CCOCC1)c1ccccc1. The molecular formula is C22H27N3O5S. The fraction of sp³-hybridized carbons (Fsp3) is 0.409. The molecule has 0 bridgehead atoms. The van der Waals surface area contributed by atoms with Crippen LogP contribution in [0.4, 0.5) is 11.4 Å². The highest BCUT2D eigenvalue weighted by molar-refractivity contribution is 7.89. The molecule has 0 atom stereocenters. The predicted octanol–water partition coefficient (Wildman–Crippen LogP) is 1.82. The molecule has 4 rings (SSSR count). The van der Waals surface area contributed by atoms with Crippen LogP contribution in [0.3, 0.4) is 0 Å². The minimum absolute atomic E-state index is 0.122. The second-order valence-electron chi connectivity index (χ2n) is 7.49. The molecular weight excluding hydrogens is 418 g/mol. The van der Waals surface area contributed by atoms with Crippen LogP contribution in [0.15, 0.2) is 53.4 Å². The maximum atomic E-state index is 13.5. The Morgan fingerprint density at radius 2 is 1.52 bits per heavy atom. The van der Waals surface area contributed by atoms with Crippen molar-refractivity contribution in [1.82, 2.24) is 4.31 Å². The van der Waals surface area contributed by atoms with E-state index in [0.717, 1.165) is 11.4 Å². The number of para-hydroxylation sites is 1. The summed E-state index contributed by atoms with van der Waals surface area (Å²) in [7, 11) is -2.02. The third-order valence-corrected chi connectivity index (χ3v) is 7.50. The van der Waals surface area contributed by atoms with Gasteiger partial charge in [-0.2, -0.15) is 4.31 Å². The molecule has 2 aromatic carbocycles. The number of benzene rings is 2. The highest BCUT2D eigenvalue weighted by Crippen LogP contribution is 2.29. The van der Waals surface area contributed by atoms with Crippen molar-refractivity contribution in [1.29, 1.82) is 0 Å². The zero-order chi connectivity index (χ0) is 21.8. The molecule has 0 spiro atoms. The predicted molar refractivity (Wildman–Crippen MR) is 118 cm³/mol. The zero-order valence-corrected chi connectivity index (χ0v) is 18.4. The first-order valence-electron chi connectivity index (χ1n) is 10.4. The molecule has 2 saturated heterocycles. The summed E-state index contributed by atoms with van der Waals surface area (Å²) in [6.45, 7) is 3.77. The van der Waals surface area contributed by atoms with Crippen molar-refractivity contribution in [2.45, 2.75) is 4.90 Å². The van der Waals surface area contributed by atoms with Crippen LogP contribution in [-0.4, -0.2) is 78.3 Å². The maximum Gasteiger partial charge on any atom is 0.260 e. The molecule has 0 aliphatic carbocycles. The van der Waals surface area contributed by atoms with Gasteiger partial charge in [-0.05, 0) is 30.3 Å². The third-order valence-electron chi connectivity index (χ3n) is 5.61. The van der Waals surface area contributed by atoms with Crippen molar-refractivity contribution in [2.24, 2.45) is 0 Å². The van der Waals surface area contributed by atoms with Crippen LogP contribution in [0.1, 0.15) is 10.4 Å². The molecule has 0 saturated carbocycles. The second-order valence-corrected chi connectivity index (χ2v) is 9.43. The molecule has 0 unspecified atom stereocenters. The van der Waals surface area contributed by atoms with Crippen LogP contribution in [0.25, 0.3) is 0 Å². The first kappa shape index (κ1) is 21.8. The zero-order valence-electron chi connectivity index (χ0n) is 17.6. The van der Waals surface area contributed by atoms with Crippen molar-refractivity contribution < 1.29 is 22.7 Å². The summed E-state index contributed by atoms with van der Waals surface area (Å²) in [6, 6.07) is 14.2. The number of amides is 1. The molecule has 2 aliphatic heterocycles. The lowest BCUT2D eigenvalue weighted by atomic mass is 10.1. The number of ether oxygens (including phenoxy) is 2. The Hall–Kier alpha value is -2.46. The lowest BCUT2D eigenvalue weighted by Crippen LogP contribution is -2.41. The lowest BCUT2D eigenvalue weighted by molar-refractivity contribution is 0.0730. The Morgan fingerprint density at radius 1 is 0.903 bits per heavy atom. The third kappa shape index (κ3) is 4.59. The van der Waals surface area contributed by atoms with Gasteiger partial charge < -0.3 is 19.3 Å². The molecule has 0 aromatic heterocycles. The summed E-state index contributed by atoms with van der Waals surface area (Å²) in [4.78, 5) is 17.2. The van der Waals surface area contributed by atoms with Crippen LogP contribution >= 0.6 is 0 Å². The fourth-order valence-corrected chi connectivity index (χ4v) is 5.25. The number of morpholine rings is 2. The van der Waals surface area contributed by atoms with E-state index in [2.05, 4.69) is 4.90 Å². The van der Waals surface area contributed by atoms with E-state index in [1.54, 1.807) is 24.1 Å². The normalized spacial score (nSPS) is 18.0. The van der Waals surface area contributed by atoms with Crippen LogP contribution in [-0.2, 0) is 19.5 Å². The number of rotatable bonds is 5. The van der Waals surface area contributed by atoms with E-state index in [4.69, 9.17) is 9.47 Å². The van der Waals surface area contributed by atoms with Gasteiger partial charge in [0.15, 0.2) is 0 Å². The van der Waals surface area contributed by atoms with Crippen molar-refractivity contribution in [3.63, 3.8) is 0 Å². The minimum atomic E-state index is -3.72. The van der Waals surface area contributed by atoms with E-state index < -0.39 is 10.0 Å². The molecule has 8 nitrogen and oxygen atoms in total. The molecule has 2 fully saturated rings. The minimum Gasteiger partial charge on any atom is -0.379 e. The van der Waals surface area contributed by atoms with Gasteiger partial charge in [0, 0.05) is 44.6 Å². The summed E-state index contributed by atoms with van der Waals surface area (Å²) in [6.07, 6.45) is 0. The van der Waals surface area contributed by atoms with Gasteiger partial charge in [0.2, 0.25) is 10.0 Å². The van der Waals surface area contributed by atoms with E-state index in [1.807, 2.05) is 30.3 Å². The Kier molecular flexibility index (Phi) is 6.57. The Bertz CT molecular complexity index is 1020. The van der Waals surface area contributed by atoms with Crippen molar-refractivity contribution in [3.05, 3.63) is 54.1 Å². The van der Waals surface area contributed by atoms with Crippen molar-refractivity contribution in [3.8, 4) is 0 Å². The molecule has 2 heterocycles. The lowest BCUT2D eigenvalue weighted by Gasteiger charge is -2.32. The molecule has 2 aromatic rings. The van der Waals surface area contributed by atoms with Gasteiger partial charge in [-0.3, -0.25) is 4.79 Å². The maximum absolute atomic E-state index is 13.5. The number of carbonyl (C=O) groups is 1. The van der Waals surface area contributed by atoms with Crippen molar-refractivity contribution in [2.75, 3.05) is 69.5 Å². The fourth-order valence-electron chi connectivity index (χ4n) is 3.81. The Morgan fingerprint density at radius 3 is 2.16 bits per heavy atom. The molecule has 0 radical (unpaired) electrons. The number of nitrogens with zero attached hydrogens (tertiary/aromatic N) is 3. The van der Waals surface area contributed by atoms with Gasteiger partial charge in [0.25, 0.3) is 5.91 Å². The summed E-state index contributed by atoms with van der Waals surface area (Å²) >= 11 is 0. The van der Waals surface area contributed by atoms with E-state index in [1.165, 1.54) is 10.4 Å². The summed E-state index contributed by atoms with van der Waals surface area (Å²) in [5.74, 6) is -0.258. The van der Waals surface area contributed by atoms with Gasteiger partial charge in [-0.25, -0.2) is 8.42 Å². The molecule has 166 valence electrons. The molecule has 31 heavy (non-hydrogen) atoms. The van der Waals surface area contributed by atoms with Gasteiger partial charge in [-0.15, -0.1) is 0 Å². The second kappa shape index (κ2) is 9.35. The average Bonchev–Trinajstić information content (AvgIpc) is 2.84. The van der Waals surface area contributed by atoms with Gasteiger partial charge >= 0.3 is 0 Å². The van der Waals surface area contributed by atoms with Gasteiger partial charge in [0.1, 0.15) is 0 Å². The molecule has 9 heteroatoms. The smallest absolute Gasteiger partial charge is 0.260 e. The van der Waals surface area contributed by atoms with E-state index in [9.17, 15) is 13.2 Å². The Balaban J connectivity index is 1.74. The largest absolute Gasteiger partial charge is 0.379 e. The Labute approximate surface area is 183 Å². The molecule has 1 amide bonds. The molecule has 2 aliphatic rings. The topological polar surface area (TPSA) is 79.4 Å². The monoisotopic (exact) mass is 445 g/mol. The highest BCUT2D eigenvalue weighted by atomic mass is 32.2. The van der Waals surface area contributed by atoms with Crippen LogP contribution in [0.2, 0.25) is 0 Å². The molecule has 0 N–H and O–H groups in total. The number of hydrogen-bond acceptors (Lipinski definition) is 6. The number of hydrogen-bond donors (Lipinski definition) is 0. The first-order chi connectivity index (χ1) is 15.0. The van der Waals surface area contributed by atoms with E-state index >= 15 is 0 Å². The highest BCUT2D eigenvalue weighted by Gasteiger charge is 2.29. The van der Waals surface area contributed by atoms with Crippen LogP contribution in [0.5, 0.6) is 0 Å². The van der Waals surface area contributed by atoms with E-state index in [0.29, 0.717) is 58.2 Å². The standard InChI is InChI=1S/C22H27N3O5S/c1-23(18-5-3-2-4-6-18)22(26)20-17-19(31(27,28)25-11-15-30-16-12-25)7-8-21(20)24-9-13-29-14-10-24/h2-8,17H,9-16H2,1H3. The average molecular weight is 446 g/mol. The van der Waals surface area contributed by atoms with Gasteiger partial charge in [0.05, 0.1) is 36.9 Å². The van der Waals surface area contributed by atoms with Crippen LogP contribution in [0, 0.1) is 0 Å². The quantitative estimate of drug-likeness (QED) is 0.699. The van der Waals surface area contributed by atoms with Gasteiger partial charge in [-0.1, -0.05) is 18.2 Å². The number of sulfonamides is 1. The summed E-state index contributed by atoms with van der Waals surface area (Å²) < 4.78 is 38.5.